The normalized spacial score (nSPS) is 15.8. The van der Waals surface area contributed by atoms with Crippen molar-refractivity contribution >= 4 is 17.2 Å². The maximum absolute atomic E-state index is 12.0. The second-order valence-corrected chi connectivity index (χ2v) is 6.38. The molecule has 2 heterocycles. The molecule has 23 heavy (non-hydrogen) atoms. The lowest BCUT2D eigenvalue weighted by molar-refractivity contribution is -0.121. The third-order valence-corrected chi connectivity index (χ3v) is 4.50. The molecular formula is C17H20N2O3S. The lowest BCUT2D eigenvalue weighted by Gasteiger charge is -2.12. The van der Waals surface area contributed by atoms with E-state index in [0.717, 1.165) is 34.7 Å². The first-order valence-corrected chi connectivity index (χ1v) is 8.60. The number of amides is 1. The van der Waals surface area contributed by atoms with E-state index >= 15 is 0 Å². The number of aryl methyl sites for hydroxylation is 1. The van der Waals surface area contributed by atoms with Crippen molar-refractivity contribution in [3.8, 4) is 11.5 Å². The van der Waals surface area contributed by atoms with Crippen molar-refractivity contribution < 1.29 is 14.3 Å². The van der Waals surface area contributed by atoms with Crippen molar-refractivity contribution in [1.29, 1.82) is 0 Å². The van der Waals surface area contributed by atoms with Gasteiger partial charge >= 0.3 is 0 Å². The maximum Gasteiger partial charge on any atom is 0.220 e. The summed E-state index contributed by atoms with van der Waals surface area (Å²) in [5, 5.41) is 4.91. The van der Waals surface area contributed by atoms with Crippen LogP contribution in [-0.2, 0) is 24.2 Å². The lowest BCUT2D eigenvalue weighted by atomic mass is 10.1. The molecule has 0 unspecified atom stereocenters. The van der Waals surface area contributed by atoms with Gasteiger partial charge in [0.05, 0.1) is 18.3 Å². The molecule has 1 atom stereocenters. The zero-order chi connectivity index (χ0) is 16.2. The number of hydrogen-bond acceptors (Lipinski definition) is 5. The fourth-order valence-electron chi connectivity index (χ4n) is 2.69. The molecule has 1 N–H and O–H groups in total. The van der Waals surface area contributed by atoms with Gasteiger partial charge in [-0.05, 0) is 25.5 Å². The number of methoxy groups -OCH3 is 1. The van der Waals surface area contributed by atoms with Gasteiger partial charge in [-0.1, -0.05) is 0 Å². The zero-order valence-electron chi connectivity index (χ0n) is 13.3. The average Bonchev–Trinajstić information content (AvgIpc) is 3.17. The number of aromatic nitrogens is 1. The van der Waals surface area contributed by atoms with Gasteiger partial charge in [-0.15, -0.1) is 11.3 Å². The van der Waals surface area contributed by atoms with Crippen LogP contribution in [0.25, 0.3) is 0 Å². The summed E-state index contributed by atoms with van der Waals surface area (Å²) in [4.78, 5) is 16.2. The molecule has 0 aliphatic carbocycles. The summed E-state index contributed by atoms with van der Waals surface area (Å²) in [5.74, 6) is 1.70. The van der Waals surface area contributed by atoms with Crippen LogP contribution in [0.3, 0.4) is 0 Å². The van der Waals surface area contributed by atoms with Gasteiger partial charge < -0.3 is 14.8 Å². The zero-order valence-corrected chi connectivity index (χ0v) is 14.1. The van der Waals surface area contributed by atoms with E-state index in [0.29, 0.717) is 19.4 Å². The van der Waals surface area contributed by atoms with Gasteiger partial charge in [-0.25, -0.2) is 4.98 Å². The fourth-order valence-corrected chi connectivity index (χ4v) is 3.29. The van der Waals surface area contributed by atoms with Crippen LogP contribution in [0.5, 0.6) is 11.5 Å². The standard InChI is InChI=1S/C17H20N2O3S/c1-11-5-12-6-15(21-2)13(7-16(12)22-11)8-18-17(20)4-3-14-9-23-10-19-14/h6-7,9-11H,3-5,8H2,1-2H3,(H,18,20)/t11-/m0/s1. The SMILES string of the molecule is COc1cc2c(cc1CNC(=O)CCc1cscn1)O[C@@H](C)C2. The predicted molar refractivity (Wildman–Crippen MR) is 89.1 cm³/mol. The number of thiazole rings is 1. The van der Waals surface area contributed by atoms with E-state index in [1.807, 2.05) is 24.4 Å². The summed E-state index contributed by atoms with van der Waals surface area (Å²) < 4.78 is 11.2. The van der Waals surface area contributed by atoms with Crippen molar-refractivity contribution in [2.75, 3.05) is 7.11 Å². The fraction of sp³-hybridized carbons (Fsp3) is 0.412. The molecule has 0 fully saturated rings. The van der Waals surface area contributed by atoms with Gasteiger partial charge in [0.15, 0.2) is 0 Å². The number of ether oxygens (including phenoxy) is 2. The largest absolute Gasteiger partial charge is 0.496 e. The van der Waals surface area contributed by atoms with E-state index in [1.54, 1.807) is 24.0 Å². The highest BCUT2D eigenvalue weighted by molar-refractivity contribution is 7.07. The van der Waals surface area contributed by atoms with Crippen molar-refractivity contribution in [2.24, 2.45) is 0 Å². The first-order valence-electron chi connectivity index (χ1n) is 7.66. The lowest BCUT2D eigenvalue weighted by Crippen LogP contribution is -2.23. The minimum atomic E-state index is 0.00911. The molecule has 1 aliphatic rings. The van der Waals surface area contributed by atoms with E-state index in [9.17, 15) is 4.79 Å². The minimum Gasteiger partial charge on any atom is -0.496 e. The smallest absolute Gasteiger partial charge is 0.220 e. The summed E-state index contributed by atoms with van der Waals surface area (Å²) in [5.41, 5.74) is 4.84. The predicted octanol–water partition coefficient (Wildman–Crippen LogP) is 2.72. The highest BCUT2D eigenvalue weighted by Crippen LogP contribution is 2.34. The molecule has 0 radical (unpaired) electrons. The molecule has 0 saturated heterocycles. The molecular weight excluding hydrogens is 312 g/mol. The molecule has 0 bridgehead atoms. The van der Waals surface area contributed by atoms with Gasteiger partial charge in [0.2, 0.25) is 5.91 Å². The van der Waals surface area contributed by atoms with E-state index < -0.39 is 0 Å². The second-order valence-electron chi connectivity index (χ2n) is 5.66. The van der Waals surface area contributed by atoms with Gasteiger partial charge in [0.1, 0.15) is 17.6 Å². The van der Waals surface area contributed by atoms with Gasteiger partial charge in [0.25, 0.3) is 0 Å². The Hall–Kier alpha value is -2.08. The number of carbonyl (C=O) groups is 1. The Bertz CT molecular complexity index is 685. The highest BCUT2D eigenvalue weighted by Gasteiger charge is 2.21. The number of fused-ring (bicyclic) bond motifs is 1. The molecule has 5 nitrogen and oxygen atoms in total. The van der Waals surface area contributed by atoms with E-state index in [4.69, 9.17) is 9.47 Å². The van der Waals surface area contributed by atoms with Crippen LogP contribution in [0.15, 0.2) is 23.0 Å². The van der Waals surface area contributed by atoms with Crippen LogP contribution in [-0.4, -0.2) is 24.1 Å². The molecule has 2 aromatic rings. The summed E-state index contributed by atoms with van der Waals surface area (Å²) in [6.07, 6.45) is 2.19. The van der Waals surface area contributed by atoms with Crippen LogP contribution >= 0.6 is 11.3 Å². The Morgan fingerprint density at radius 3 is 3.13 bits per heavy atom. The molecule has 122 valence electrons. The summed E-state index contributed by atoms with van der Waals surface area (Å²) in [7, 11) is 1.65. The van der Waals surface area contributed by atoms with Gasteiger partial charge in [0, 0.05) is 35.9 Å². The molecule has 0 saturated carbocycles. The number of hydrogen-bond donors (Lipinski definition) is 1. The summed E-state index contributed by atoms with van der Waals surface area (Å²) in [6, 6.07) is 3.98. The number of rotatable bonds is 6. The van der Waals surface area contributed by atoms with E-state index in [2.05, 4.69) is 10.3 Å². The van der Waals surface area contributed by atoms with Crippen LogP contribution < -0.4 is 14.8 Å². The molecule has 6 heteroatoms. The van der Waals surface area contributed by atoms with Crippen LogP contribution in [0.2, 0.25) is 0 Å². The quantitative estimate of drug-likeness (QED) is 0.883. The molecule has 1 aromatic carbocycles. The van der Waals surface area contributed by atoms with Crippen molar-refractivity contribution in [1.82, 2.24) is 10.3 Å². The Morgan fingerprint density at radius 2 is 2.39 bits per heavy atom. The Kier molecular flexibility index (Phi) is 4.81. The molecule has 0 spiro atoms. The van der Waals surface area contributed by atoms with Crippen molar-refractivity contribution in [2.45, 2.75) is 38.8 Å². The van der Waals surface area contributed by atoms with E-state index in [1.165, 1.54) is 0 Å². The van der Waals surface area contributed by atoms with Gasteiger partial charge in [-0.2, -0.15) is 0 Å². The monoisotopic (exact) mass is 332 g/mol. The van der Waals surface area contributed by atoms with Gasteiger partial charge in [-0.3, -0.25) is 4.79 Å². The summed E-state index contributed by atoms with van der Waals surface area (Å²) >= 11 is 1.54. The third-order valence-electron chi connectivity index (χ3n) is 3.87. The molecule has 3 rings (SSSR count). The van der Waals surface area contributed by atoms with Crippen molar-refractivity contribution in [3.05, 3.63) is 39.8 Å². The van der Waals surface area contributed by atoms with Crippen LogP contribution in [0.4, 0.5) is 0 Å². The number of benzene rings is 1. The third kappa shape index (κ3) is 3.82. The molecule has 1 aliphatic heterocycles. The Balaban J connectivity index is 1.59. The first kappa shape index (κ1) is 15.8. The highest BCUT2D eigenvalue weighted by atomic mass is 32.1. The summed E-state index contributed by atoms with van der Waals surface area (Å²) in [6.45, 7) is 2.48. The number of nitrogens with zero attached hydrogens (tertiary/aromatic N) is 1. The Morgan fingerprint density at radius 1 is 1.52 bits per heavy atom. The number of carbonyl (C=O) groups excluding carboxylic acids is 1. The molecule has 1 amide bonds. The maximum atomic E-state index is 12.0. The Labute approximate surface area is 139 Å². The van der Waals surface area contributed by atoms with Crippen molar-refractivity contribution in [3.63, 3.8) is 0 Å². The minimum absolute atomic E-state index is 0.00911. The second kappa shape index (κ2) is 7.00. The van der Waals surface area contributed by atoms with Crippen LogP contribution in [0.1, 0.15) is 30.2 Å². The van der Waals surface area contributed by atoms with Crippen LogP contribution in [0, 0.1) is 0 Å². The topological polar surface area (TPSA) is 60.5 Å². The molecule has 1 aromatic heterocycles. The number of nitrogens with one attached hydrogen (secondary N) is 1. The average molecular weight is 332 g/mol. The first-order chi connectivity index (χ1) is 11.2. The van der Waals surface area contributed by atoms with E-state index in [-0.39, 0.29) is 12.0 Å².